The second kappa shape index (κ2) is 2.62. The predicted molar refractivity (Wildman–Crippen MR) is 54.7 cm³/mol. The zero-order chi connectivity index (χ0) is 10.6. The average Bonchev–Trinajstić information content (AvgIpc) is 2.00. The fourth-order valence-corrected chi connectivity index (χ4v) is 3.10. The summed E-state index contributed by atoms with van der Waals surface area (Å²) in [6.45, 7) is 8.03. The maximum Gasteiger partial charge on any atom is 0.303 e. The maximum atomic E-state index is 11.0. The van der Waals surface area contributed by atoms with Gasteiger partial charge < -0.3 is 4.74 Å². The molecule has 3 atom stereocenters. The molecule has 0 amide bonds. The van der Waals surface area contributed by atoms with Gasteiger partial charge >= 0.3 is 5.97 Å². The number of ether oxygens (including phenoxy) is 1. The molecule has 3 unspecified atom stereocenters. The third kappa shape index (κ3) is 1.13. The first kappa shape index (κ1) is 9.75. The van der Waals surface area contributed by atoms with Crippen LogP contribution in [0.2, 0.25) is 0 Å². The van der Waals surface area contributed by atoms with Crippen LogP contribution >= 0.6 is 0 Å². The van der Waals surface area contributed by atoms with Crippen molar-refractivity contribution in [3.8, 4) is 0 Å². The van der Waals surface area contributed by atoms with Crippen molar-refractivity contribution in [3.05, 3.63) is 12.2 Å². The molecule has 78 valence electrons. The van der Waals surface area contributed by atoms with Crippen LogP contribution in [0.5, 0.6) is 0 Å². The van der Waals surface area contributed by atoms with Crippen LogP contribution in [-0.2, 0) is 9.53 Å². The molecule has 0 N–H and O–H groups in total. The van der Waals surface area contributed by atoms with Gasteiger partial charge in [0.1, 0.15) is 5.60 Å². The van der Waals surface area contributed by atoms with Crippen molar-refractivity contribution in [2.45, 2.75) is 39.7 Å². The third-order valence-corrected chi connectivity index (χ3v) is 4.06. The molecular weight excluding hydrogens is 176 g/mol. The van der Waals surface area contributed by atoms with Crippen molar-refractivity contribution in [2.24, 2.45) is 17.3 Å². The number of carbonyl (C=O) groups is 1. The summed E-state index contributed by atoms with van der Waals surface area (Å²) in [7, 11) is 0. The molecule has 0 radical (unpaired) electrons. The van der Waals surface area contributed by atoms with E-state index in [1.165, 1.54) is 6.92 Å². The Hall–Kier alpha value is -0.790. The Morgan fingerprint density at radius 1 is 1.43 bits per heavy atom. The van der Waals surface area contributed by atoms with Crippen molar-refractivity contribution in [1.82, 2.24) is 0 Å². The summed E-state index contributed by atoms with van der Waals surface area (Å²) in [5.41, 5.74) is -0.0803. The van der Waals surface area contributed by atoms with E-state index >= 15 is 0 Å². The summed E-state index contributed by atoms with van der Waals surface area (Å²) in [6, 6.07) is 0. The topological polar surface area (TPSA) is 26.3 Å². The fourth-order valence-electron chi connectivity index (χ4n) is 3.10. The number of fused-ring (bicyclic) bond motifs is 1. The van der Waals surface area contributed by atoms with Crippen LogP contribution in [-0.4, -0.2) is 11.6 Å². The number of hydrogen-bond acceptors (Lipinski definition) is 2. The fraction of sp³-hybridized carbons (Fsp3) is 0.750. The van der Waals surface area contributed by atoms with E-state index in [1.807, 2.05) is 6.92 Å². The Morgan fingerprint density at radius 3 is 2.50 bits per heavy atom. The van der Waals surface area contributed by atoms with Crippen LogP contribution in [0.3, 0.4) is 0 Å². The van der Waals surface area contributed by atoms with E-state index < -0.39 is 0 Å². The predicted octanol–water partition coefficient (Wildman–Crippen LogP) is 2.54. The summed E-state index contributed by atoms with van der Waals surface area (Å²) in [5.74, 6) is 0.975. The van der Waals surface area contributed by atoms with Crippen molar-refractivity contribution in [2.75, 3.05) is 0 Å². The maximum absolute atomic E-state index is 11.0. The summed E-state index contributed by atoms with van der Waals surface area (Å²) in [4.78, 5) is 11.0. The second-order valence-electron chi connectivity index (χ2n) is 5.35. The molecule has 3 aliphatic carbocycles. The molecule has 1 saturated carbocycles. The van der Waals surface area contributed by atoms with Gasteiger partial charge in [-0.25, -0.2) is 0 Å². The Bertz CT molecular complexity index is 303. The van der Waals surface area contributed by atoms with Gasteiger partial charge in [0.05, 0.1) is 0 Å². The Kier molecular flexibility index (Phi) is 1.82. The van der Waals surface area contributed by atoms with Crippen molar-refractivity contribution < 1.29 is 9.53 Å². The standard InChI is InChI=1S/C12H18O2/c1-8(13)14-12(4)6-5-9-7-10(12)11(9,2)3/h5-6,9-10H,7H2,1-4H3. The molecule has 14 heavy (non-hydrogen) atoms. The van der Waals surface area contributed by atoms with E-state index in [9.17, 15) is 4.79 Å². The lowest BCUT2D eigenvalue weighted by molar-refractivity contribution is -0.178. The number of esters is 1. The first-order valence-corrected chi connectivity index (χ1v) is 5.25. The molecule has 0 aromatic rings. The highest BCUT2D eigenvalue weighted by atomic mass is 16.6. The zero-order valence-electron chi connectivity index (χ0n) is 9.33. The van der Waals surface area contributed by atoms with Gasteiger partial charge in [-0.1, -0.05) is 19.9 Å². The molecular formula is C12H18O2. The lowest BCUT2D eigenvalue weighted by atomic mass is 9.47. The van der Waals surface area contributed by atoms with Gasteiger partial charge in [0.25, 0.3) is 0 Å². The normalized spacial score (nSPS) is 42.9. The SMILES string of the molecule is CC(=O)OC1(C)C=CC2CC1C2(C)C. The van der Waals surface area contributed by atoms with Crippen LogP contribution in [0.1, 0.15) is 34.1 Å². The van der Waals surface area contributed by atoms with Crippen LogP contribution in [0.4, 0.5) is 0 Å². The van der Waals surface area contributed by atoms with Crippen molar-refractivity contribution in [1.29, 1.82) is 0 Å². The minimum Gasteiger partial charge on any atom is -0.455 e. The second-order valence-corrected chi connectivity index (χ2v) is 5.35. The van der Waals surface area contributed by atoms with Crippen LogP contribution in [0.25, 0.3) is 0 Å². The minimum atomic E-state index is -0.371. The quantitative estimate of drug-likeness (QED) is 0.473. The summed E-state index contributed by atoms with van der Waals surface area (Å²) in [6.07, 6.45) is 5.44. The Labute approximate surface area is 85.3 Å². The molecule has 2 bridgehead atoms. The first-order chi connectivity index (χ1) is 6.36. The lowest BCUT2D eigenvalue weighted by Gasteiger charge is -2.60. The molecule has 0 heterocycles. The smallest absolute Gasteiger partial charge is 0.303 e. The number of hydrogen-bond donors (Lipinski definition) is 0. The highest BCUT2D eigenvalue weighted by molar-refractivity contribution is 5.67. The van der Waals surface area contributed by atoms with Crippen molar-refractivity contribution in [3.63, 3.8) is 0 Å². The lowest BCUT2D eigenvalue weighted by Crippen LogP contribution is -2.58. The molecule has 1 fully saturated rings. The molecule has 0 saturated heterocycles. The third-order valence-electron chi connectivity index (χ3n) is 4.06. The number of carbonyl (C=O) groups excluding carboxylic acids is 1. The van der Waals surface area contributed by atoms with Gasteiger partial charge in [0.15, 0.2) is 0 Å². The van der Waals surface area contributed by atoms with E-state index in [4.69, 9.17) is 4.74 Å². The Balaban J connectivity index is 2.26. The van der Waals surface area contributed by atoms with E-state index in [-0.39, 0.29) is 11.6 Å². The molecule has 0 aliphatic heterocycles. The van der Waals surface area contributed by atoms with Gasteiger partial charge in [-0.05, 0) is 30.8 Å². The molecule has 0 aromatic carbocycles. The monoisotopic (exact) mass is 194 g/mol. The van der Waals surface area contributed by atoms with Crippen LogP contribution < -0.4 is 0 Å². The number of rotatable bonds is 1. The molecule has 0 aromatic heterocycles. The van der Waals surface area contributed by atoms with E-state index in [0.717, 1.165) is 6.42 Å². The van der Waals surface area contributed by atoms with Gasteiger partial charge in [-0.2, -0.15) is 0 Å². The summed E-state index contributed by atoms with van der Waals surface area (Å²) < 4.78 is 5.44. The van der Waals surface area contributed by atoms with Gasteiger partial charge in [-0.15, -0.1) is 0 Å². The van der Waals surface area contributed by atoms with Crippen LogP contribution in [0, 0.1) is 17.3 Å². The van der Waals surface area contributed by atoms with E-state index in [2.05, 4.69) is 26.0 Å². The molecule has 2 nitrogen and oxygen atoms in total. The summed E-state index contributed by atoms with van der Waals surface area (Å²) in [5, 5.41) is 0. The molecule has 0 spiro atoms. The highest BCUT2D eigenvalue weighted by Crippen LogP contribution is 2.60. The molecule has 3 aliphatic rings. The van der Waals surface area contributed by atoms with E-state index in [1.54, 1.807) is 0 Å². The van der Waals surface area contributed by atoms with Gasteiger partial charge in [-0.3, -0.25) is 4.79 Å². The highest BCUT2D eigenvalue weighted by Gasteiger charge is 2.58. The number of allylic oxidation sites excluding steroid dienone is 1. The zero-order valence-corrected chi connectivity index (χ0v) is 9.33. The van der Waals surface area contributed by atoms with Crippen molar-refractivity contribution >= 4 is 5.97 Å². The minimum absolute atomic E-state index is 0.182. The van der Waals surface area contributed by atoms with Crippen LogP contribution in [0.15, 0.2) is 12.2 Å². The van der Waals surface area contributed by atoms with Gasteiger partial charge in [0.2, 0.25) is 0 Å². The summed E-state index contributed by atoms with van der Waals surface area (Å²) >= 11 is 0. The average molecular weight is 194 g/mol. The largest absolute Gasteiger partial charge is 0.455 e. The van der Waals surface area contributed by atoms with Gasteiger partial charge in [0, 0.05) is 12.8 Å². The Morgan fingerprint density at radius 2 is 2.07 bits per heavy atom. The molecule has 3 rings (SSSR count). The first-order valence-electron chi connectivity index (χ1n) is 5.25. The molecule has 2 heteroatoms. The van der Waals surface area contributed by atoms with E-state index in [0.29, 0.717) is 17.3 Å².